The zero-order valence-corrected chi connectivity index (χ0v) is 21.6. The van der Waals surface area contributed by atoms with E-state index in [4.69, 9.17) is 9.47 Å². The summed E-state index contributed by atoms with van der Waals surface area (Å²) in [5.74, 6) is 1.73. The molecular formula is C28H43NO5. The molecule has 10 atom stereocenters. The molecule has 0 radical (unpaired) electrons. The summed E-state index contributed by atoms with van der Waals surface area (Å²) >= 11 is 0. The molecule has 4 saturated carbocycles. The lowest BCUT2D eigenvalue weighted by atomic mass is 9.43. The molecule has 4 aliphatic carbocycles. The minimum atomic E-state index is -0.650. The molecule has 6 nitrogen and oxygen atoms in total. The fraction of sp³-hybridized carbons (Fsp3) is 0.857. The number of aliphatic hydroxyl groups is 1. The summed E-state index contributed by atoms with van der Waals surface area (Å²) in [6, 6.07) is 0.247. The number of amides is 1. The van der Waals surface area contributed by atoms with Gasteiger partial charge in [0.05, 0.1) is 12.7 Å². The zero-order valence-electron chi connectivity index (χ0n) is 21.6. The quantitative estimate of drug-likeness (QED) is 0.575. The van der Waals surface area contributed by atoms with Gasteiger partial charge in [0.2, 0.25) is 0 Å². The van der Waals surface area contributed by atoms with Crippen LogP contribution < -0.4 is 0 Å². The first kappa shape index (κ1) is 24.1. The van der Waals surface area contributed by atoms with Crippen LogP contribution in [0.25, 0.3) is 0 Å². The number of carbonyl (C=O) groups excluding carboxylic acids is 2. The van der Waals surface area contributed by atoms with Gasteiger partial charge in [-0.25, -0.2) is 9.59 Å². The van der Waals surface area contributed by atoms with Crippen molar-refractivity contribution in [2.24, 2.45) is 40.4 Å². The van der Waals surface area contributed by atoms with Crippen molar-refractivity contribution in [2.45, 2.75) is 96.3 Å². The molecule has 5 aliphatic rings. The fourth-order valence-electron chi connectivity index (χ4n) is 9.61. The van der Waals surface area contributed by atoms with Gasteiger partial charge >= 0.3 is 12.1 Å². The number of esters is 1. The van der Waals surface area contributed by atoms with E-state index in [0.717, 1.165) is 57.8 Å². The molecule has 6 heteroatoms. The zero-order chi connectivity index (χ0) is 24.5. The molecule has 1 amide bonds. The number of hydrogen-bond donors (Lipinski definition) is 1. The molecule has 34 heavy (non-hydrogen) atoms. The molecule has 1 N–H and O–H groups in total. The lowest BCUT2D eigenvalue weighted by molar-refractivity contribution is -0.212. The summed E-state index contributed by atoms with van der Waals surface area (Å²) in [7, 11) is 3.33. The highest BCUT2D eigenvalue weighted by Gasteiger charge is 2.68. The highest BCUT2D eigenvalue weighted by Crippen LogP contribution is 2.70. The second-order valence-electron chi connectivity index (χ2n) is 12.6. The summed E-state index contributed by atoms with van der Waals surface area (Å²) in [6.45, 7) is 6.82. The van der Waals surface area contributed by atoms with Crippen molar-refractivity contribution in [2.75, 3.05) is 14.2 Å². The molecule has 0 bridgehead atoms. The molecule has 5 rings (SSSR count). The number of nitrogens with zero attached hydrogens (tertiary/aromatic N) is 1. The summed E-state index contributed by atoms with van der Waals surface area (Å²) < 4.78 is 10.6. The summed E-state index contributed by atoms with van der Waals surface area (Å²) in [5, 5.41) is 12.5. The van der Waals surface area contributed by atoms with Crippen molar-refractivity contribution in [3.05, 3.63) is 12.2 Å². The van der Waals surface area contributed by atoms with Crippen molar-refractivity contribution < 1.29 is 24.2 Å². The average Bonchev–Trinajstić information content (AvgIpc) is 3.09. The second kappa shape index (κ2) is 8.25. The molecule has 190 valence electrons. The van der Waals surface area contributed by atoms with E-state index >= 15 is 0 Å². The number of fused-ring (bicyclic) bond motifs is 5. The summed E-state index contributed by atoms with van der Waals surface area (Å²) in [5.41, 5.74) is -0.574. The van der Waals surface area contributed by atoms with E-state index in [2.05, 4.69) is 19.9 Å². The van der Waals surface area contributed by atoms with Crippen LogP contribution in [-0.4, -0.2) is 54.0 Å². The Morgan fingerprint density at radius 2 is 1.82 bits per heavy atom. The highest BCUT2D eigenvalue weighted by atomic mass is 16.5. The maximum atomic E-state index is 12.5. The van der Waals surface area contributed by atoms with Gasteiger partial charge in [0.25, 0.3) is 0 Å². The number of rotatable bonds is 2. The van der Waals surface area contributed by atoms with E-state index in [1.165, 1.54) is 7.11 Å². The van der Waals surface area contributed by atoms with Gasteiger partial charge in [-0.1, -0.05) is 19.9 Å². The smallest absolute Gasteiger partial charge is 0.409 e. The van der Waals surface area contributed by atoms with Crippen LogP contribution in [0.1, 0.15) is 78.6 Å². The van der Waals surface area contributed by atoms with E-state index in [1.807, 2.05) is 14.0 Å². The van der Waals surface area contributed by atoms with Crippen LogP contribution in [0.3, 0.4) is 0 Å². The van der Waals surface area contributed by atoms with Crippen LogP contribution in [0.5, 0.6) is 0 Å². The van der Waals surface area contributed by atoms with Crippen LogP contribution in [0.2, 0.25) is 0 Å². The molecule has 0 aromatic carbocycles. The van der Waals surface area contributed by atoms with Crippen molar-refractivity contribution in [1.29, 1.82) is 0 Å². The number of cyclic esters (lactones) is 1. The number of hydrogen-bond acceptors (Lipinski definition) is 5. The van der Waals surface area contributed by atoms with Gasteiger partial charge in [-0.05, 0) is 93.8 Å². The Bertz CT molecular complexity index is 873. The standard InChI is InChI=1S/C28H43NO5/c1-17-20(7-9-24(30)34-17)21-12-15-28(32)23-8-6-18-16-19(29(4)25(31)33-5)10-13-26(18,2)22(23)11-14-27(21,28)3/h7,9,17-23,32H,6,8,10-16H2,1-5H3/t17?,18-,19?,20?,21-,22+,23-,26+,27-,28+/m1/s1. The van der Waals surface area contributed by atoms with Crippen molar-refractivity contribution in [3.63, 3.8) is 0 Å². The molecule has 0 spiro atoms. The van der Waals surface area contributed by atoms with E-state index in [1.54, 1.807) is 11.0 Å². The average molecular weight is 474 g/mol. The first-order chi connectivity index (χ1) is 16.0. The molecule has 0 aromatic heterocycles. The topological polar surface area (TPSA) is 76.1 Å². The Balaban J connectivity index is 1.37. The van der Waals surface area contributed by atoms with Gasteiger partial charge in [-0.3, -0.25) is 0 Å². The van der Waals surface area contributed by atoms with Gasteiger partial charge in [0, 0.05) is 30.5 Å². The monoisotopic (exact) mass is 473 g/mol. The maximum Gasteiger partial charge on any atom is 0.409 e. The fourth-order valence-corrected chi connectivity index (χ4v) is 9.61. The molecule has 3 unspecified atom stereocenters. The largest absolute Gasteiger partial charge is 0.459 e. The maximum absolute atomic E-state index is 12.5. The predicted molar refractivity (Wildman–Crippen MR) is 129 cm³/mol. The van der Waals surface area contributed by atoms with E-state index in [0.29, 0.717) is 23.7 Å². The number of methoxy groups -OCH3 is 1. The van der Waals surface area contributed by atoms with Gasteiger partial charge in [0.15, 0.2) is 0 Å². The van der Waals surface area contributed by atoms with Gasteiger partial charge < -0.3 is 19.5 Å². The van der Waals surface area contributed by atoms with E-state index < -0.39 is 5.60 Å². The molecule has 1 heterocycles. The van der Waals surface area contributed by atoms with E-state index in [9.17, 15) is 14.7 Å². The summed E-state index contributed by atoms with van der Waals surface area (Å²) in [6.07, 6.45) is 12.7. The van der Waals surface area contributed by atoms with Crippen LogP contribution >= 0.6 is 0 Å². The third kappa shape index (κ3) is 3.30. The second-order valence-corrected chi connectivity index (χ2v) is 12.6. The molecular weight excluding hydrogens is 430 g/mol. The predicted octanol–water partition coefficient (Wildman–Crippen LogP) is 4.94. The van der Waals surface area contributed by atoms with Gasteiger partial charge in [-0.15, -0.1) is 0 Å². The Kier molecular flexibility index (Phi) is 5.86. The van der Waals surface area contributed by atoms with Crippen molar-refractivity contribution in [3.8, 4) is 0 Å². The lowest BCUT2D eigenvalue weighted by Crippen LogP contribution is -2.63. The van der Waals surface area contributed by atoms with Gasteiger partial charge in [0.1, 0.15) is 6.10 Å². The highest BCUT2D eigenvalue weighted by molar-refractivity contribution is 5.83. The SMILES string of the molecule is COC(=O)N(C)C1CC[C@@]2(C)[C@H](CC[C@@H]3[C@@H]2CC[C@]2(C)[C@@H](C4C=CC(=O)OC4C)CC[C@]32O)C1. The van der Waals surface area contributed by atoms with Crippen LogP contribution in [0.15, 0.2) is 12.2 Å². The Morgan fingerprint density at radius 3 is 2.53 bits per heavy atom. The minimum Gasteiger partial charge on any atom is -0.459 e. The third-order valence-corrected chi connectivity index (χ3v) is 11.7. The van der Waals surface area contributed by atoms with Crippen molar-refractivity contribution in [1.82, 2.24) is 4.90 Å². The Labute approximate surface area is 204 Å². The number of carbonyl (C=O) groups is 2. The first-order valence-electron chi connectivity index (χ1n) is 13.5. The molecule has 4 fully saturated rings. The molecule has 1 aliphatic heterocycles. The molecule has 0 aromatic rings. The Morgan fingerprint density at radius 1 is 1.09 bits per heavy atom. The van der Waals surface area contributed by atoms with Gasteiger partial charge in [-0.2, -0.15) is 0 Å². The van der Waals surface area contributed by atoms with E-state index in [-0.39, 0.29) is 41.0 Å². The third-order valence-electron chi connectivity index (χ3n) is 11.7. The first-order valence-corrected chi connectivity index (χ1v) is 13.5. The Hall–Kier alpha value is -1.56. The van der Waals surface area contributed by atoms with Crippen LogP contribution in [0.4, 0.5) is 4.79 Å². The van der Waals surface area contributed by atoms with Crippen LogP contribution in [-0.2, 0) is 14.3 Å². The normalized spacial score (nSPS) is 49.9. The summed E-state index contributed by atoms with van der Waals surface area (Å²) in [4.78, 5) is 25.7. The van der Waals surface area contributed by atoms with Crippen LogP contribution in [0, 0.1) is 40.4 Å². The number of ether oxygens (including phenoxy) is 2. The lowest BCUT2D eigenvalue weighted by Gasteiger charge is -2.64. The van der Waals surface area contributed by atoms with Crippen molar-refractivity contribution >= 4 is 12.1 Å². The minimum absolute atomic E-state index is 0.130. The molecule has 0 saturated heterocycles.